The summed E-state index contributed by atoms with van der Waals surface area (Å²) in [6, 6.07) is 3.10. The van der Waals surface area contributed by atoms with E-state index in [1.165, 1.54) is 24.0 Å². The number of alkyl halides is 3. The summed E-state index contributed by atoms with van der Waals surface area (Å²) in [5.74, 6) is -2.02. The number of amides is 4. The van der Waals surface area contributed by atoms with Crippen molar-refractivity contribution in [3.63, 3.8) is 0 Å². The van der Waals surface area contributed by atoms with Crippen LogP contribution in [0.3, 0.4) is 0 Å². The summed E-state index contributed by atoms with van der Waals surface area (Å²) in [6.07, 6.45) is -4.59. The Morgan fingerprint density at radius 2 is 1.91 bits per heavy atom. The van der Waals surface area contributed by atoms with Gasteiger partial charge in [-0.05, 0) is 38.0 Å². The minimum atomic E-state index is -4.87. The Kier molecular flexibility index (Phi) is 6.15. The van der Waals surface area contributed by atoms with E-state index >= 15 is 0 Å². The van der Waals surface area contributed by atoms with E-state index in [-0.39, 0.29) is 30.0 Å². The summed E-state index contributed by atoms with van der Waals surface area (Å²) in [5.41, 5.74) is -1.39. The first-order chi connectivity index (χ1) is 14.8. The summed E-state index contributed by atoms with van der Waals surface area (Å²) in [6.45, 7) is 2.67. The number of sulfone groups is 1. The molecule has 0 saturated carbocycles. The molecule has 2 aliphatic rings. The molecular formula is C19H22F3N3O6S. The van der Waals surface area contributed by atoms with Gasteiger partial charge in [0.2, 0.25) is 5.91 Å². The fraction of sp³-hybridized carbons (Fsp3) is 0.526. The molecule has 3 rings (SSSR count). The number of nitrogens with one attached hydrogen (secondary N) is 1. The number of halogens is 3. The van der Waals surface area contributed by atoms with E-state index in [4.69, 9.17) is 0 Å². The van der Waals surface area contributed by atoms with E-state index in [0.717, 1.165) is 12.1 Å². The molecule has 0 aromatic heterocycles. The number of hydrogen-bond acceptors (Lipinski definition) is 6. The zero-order valence-corrected chi connectivity index (χ0v) is 18.1. The van der Waals surface area contributed by atoms with Gasteiger partial charge < -0.3 is 15.0 Å². The summed E-state index contributed by atoms with van der Waals surface area (Å²) in [7, 11) is -3.24. The first-order valence-corrected chi connectivity index (χ1v) is 11.6. The lowest BCUT2D eigenvalue weighted by molar-refractivity contribution is -0.274. The number of likely N-dealkylation sites (N-methyl/N-ethyl adjacent to an activating group) is 1. The lowest BCUT2D eigenvalue weighted by Gasteiger charge is -2.28. The fourth-order valence-electron chi connectivity index (χ4n) is 3.91. The average molecular weight is 477 g/mol. The lowest BCUT2D eigenvalue weighted by Crippen LogP contribution is -2.48. The number of urea groups is 1. The van der Waals surface area contributed by atoms with Crippen LogP contribution in [0.25, 0.3) is 0 Å². The van der Waals surface area contributed by atoms with Crippen LogP contribution >= 0.6 is 0 Å². The molecule has 2 fully saturated rings. The van der Waals surface area contributed by atoms with E-state index in [1.807, 2.05) is 0 Å². The Labute approximate surface area is 182 Å². The van der Waals surface area contributed by atoms with E-state index in [9.17, 15) is 36.0 Å². The highest BCUT2D eigenvalue weighted by atomic mass is 32.2. The highest BCUT2D eigenvalue weighted by molar-refractivity contribution is 7.91. The molecule has 2 unspecified atom stereocenters. The largest absolute Gasteiger partial charge is 0.573 e. The summed E-state index contributed by atoms with van der Waals surface area (Å²) in [4.78, 5) is 40.3. The van der Waals surface area contributed by atoms with Gasteiger partial charge in [-0.1, -0.05) is 12.1 Å². The zero-order valence-electron chi connectivity index (χ0n) is 17.3. The van der Waals surface area contributed by atoms with Crippen molar-refractivity contribution in [2.24, 2.45) is 0 Å². The standard InChI is InChI=1S/C19H22F3N3O6S/c1-3-24(13-8-9-32(29,30)11-13)15(26)10-25-16(27)18(2,23-17(25)28)12-4-6-14(7-5-12)31-19(20,21)22/h4-7,13H,3,8-11H2,1-2H3,(H,23,28). The van der Waals surface area contributed by atoms with Gasteiger partial charge in [0.1, 0.15) is 17.8 Å². The van der Waals surface area contributed by atoms with Crippen LogP contribution in [-0.2, 0) is 25.0 Å². The van der Waals surface area contributed by atoms with Crippen molar-refractivity contribution >= 4 is 27.7 Å². The SMILES string of the molecule is CCN(C(=O)CN1C(=O)NC(C)(c2ccc(OC(F)(F)F)cc2)C1=O)C1CCS(=O)(=O)C1. The molecule has 1 aromatic rings. The van der Waals surface area contributed by atoms with Crippen LogP contribution in [-0.4, -0.2) is 73.1 Å². The molecular weight excluding hydrogens is 455 g/mol. The Hall–Kier alpha value is -2.83. The lowest BCUT2D eigenvalue weighted by atomic mass is 9.92. The third-order valence-electron chi connectivity index (χ3n) is 5.54. The number of carbonyl (C=O) groups excluding carboxylic acids is 3. The number of rotatable bonds is 6. The third kappa shape index (κ3) is 4.81. The second-order valence-electron chi connectivity index (χ2n) is 7.76. The highest BCUT2D eigenvalue weighted by Gasteiger charge is 2.50. The van der Waals surface area contributed by atoms with Crippen molar-refractivity contribution in [3.05, 3.63) is 29.8 Å². The number of ether oxygens (including phenoxy) is 1. The normalized spacial score (nSPS) is 25.0. The maximum atomic E-state index is 13.0. The molecule has 0 spiro atoms. The average Bonchev–Trinajstić information content (AvgIpc) is 3.13. The van der Waals surface area contributed by atoms with Gasteiger partial charge in [0.25, 0.3) is 5.91 Å². The smallest absolute Gasteiger partial charge is 0.406 e. The molecule has 0 radical (unpaired) electrons. The van der Waals surface area contributed by atoms with E-state index in [2.05, 4.69) is 10.1 Å². The Morgan fingerprint density at radius 3 is 2.41 bits per heavy atom. The number of benzene rings is 1. The molecule has 0 aliphatic carbocycles. The first kappa shape index (κ1) is 23.8. The zero-order chi connectivity index (χ0) is 23.9. The maximum absolute atomic E-state index is 13.0. The van der Waals surface area contributed by atoms with Crippen molar-refractivity contribution in [2.45, 2.75) is 38.2 Å². The van der Waals surface area contributed by atoms with E-state index < -0.39 is 57.9 Å². The van der Waals surface area contributed by atoms with Crippen LogP contribution in [0.5, 0.6) is 5.75 Å². The van der Waals surface area contributed by atoms with Crippen molar-refractivity contribution in [3.8, 4) is 5.75 Å². The molecule has 2 atom stereocenters. The molecule has 0 bridgehead atoms. The molecule has 13 heteroatoms. The summed E-state index contributed by atoms with van der Waals surface area (Å²) >= 11 is 0. The maximum Gasteiger partial charge on any atom is 0.573 e. The van der Waals surface area contributed by atoms with Crippen molar-refractivity contribution in [2.75, 3.05) is 24.6 Å². The quantitative estimate of drug-likeness (QED) is 0.620. The molecule has 1 N–H and O–H groups in total. The molecule has 2 saturated heterocycles. The topological polar surface area (TPSA) is 113 Å². The minimum Gasteiger partial charge on any atom is -0.406 e. The number of carbonyl (C=O) groups is 3. The van der Waals surface area contributed by atoms with Crippen LogP contribution in [0.15, 0.2) is 24.3 Å². The Morgan fingerprint density at radius 1 is 1.28 bits per heavy atom. The highest BCUT2D eigenvalue weighted by Crippen LogP contribution is 2.31. The van der Waals surface area contributed by atoms with E-state index in [0.29, 0.717) is 4.90 Å². The minimum absolute atomic E-state index is 0.0311. The van der Waals surface area contributed by atoms with Gasteiger partial charge in [-0.15, -0.1) is 13.2 Å². The molecule has 176 valence electrons. The Balaban J connectivity index is 1.74. The third-order valence-corrected chi connectivity index (χ3v) is 7.29. The monoisotopic (exact) mass is 477 g/mol. The van der Waals surface area contributed by atoms with E-state index in [1.54, 1.807) is 6.92 Å². The van der Waals surface area contributed by atoms with Gasteiger partial charge in [-0.2, -0.15) is 0 Å². The van der Waals surface area contributed by atoms with Crippen molar-refractivity contribution in [1.29, 1.82) is 0 Å². The predicted octanol–water partition coefficient (Wildman–Crippen LogP) is 1.39. The second kappa shape index (κ2) is 8.26. The number of nitrogens with zero attached hydrogens (tertiary/aromatic N) is 2. The Bertz CT molecular complexity index is 1030. The van der Waals surface area contributed by atoms with Crippen molar-refractivity contribution in [1.82, 2.24) is 15.1 Å². The van der Waals surface area contributed by atoms with Crippen LogP contribution in [0.4, 0.5) is 18.0 Å². The van der Waals surface area contributed by atoms with Crippen LogP contribution in [0.2, 0.25) is 0 Å². The van der Waals surface area contributed by atoms with Crippen molar-refractivity contribution < 1.29 is 40.7 Å². The number of hydrogen-bond donors (Lipinski definition) is 1. The van der Waals surface area contributed by atoms with Crippen LogP contribution in [0.1, 0.15) is 25.8 Å². The predicted molar refractivity (Wildman–Crippen MR) is 105 cm³/mol. The molecule has 1 aromatic carbocycles. The number of imide groups is 1. The van der Waals surface area contributed by atoms with Gasteiger partial charge in [-0.3, -0.25) is 14.5 Å². The van der Waals surface area contributed by atoms with Gasteiger partial charge in [0.15, 0.2) is 9.84 Å². The van der Waals surface area contributed by atoms with Gasteiger partial charge in [0, 0.05) is 12.6 Å². The molecule has 2 heterocycles. The molecule has 2 aliphatic heterocycles. The van der Waals surface area contributed by atoms with Gasteiger partial charge in [-0.25, -0.2) is 13.2 Å². The molecule has 9 nitrogen and oxygen atoms in total. The summed E-state index contributed by atoms with van der Waals surface area (Å²) < 4.78 is 64.3. The van der Waals surface area contributed by atoms with Crippen LogP contribution in [0, 0.1) is 0 Å². The molecule has 32 heavy (non-hydrogen) atoms. The van der Waals surface area contributed by atoms with Gasteiger partial charge in [0.05, 0.1) is 11.5 Å². The summed E-state index contributed by atoms with van der Waals surface area (Å²) in [5, 5.41) is 2.47. The second-order valence-corrected chi connectivity index (χ2v) is 9.98. The van der Waals surface area contributed by atoms with Crippen LogP contribution < -0.4 is 10.1 Å². The fourth-order valence-corrected chi connectivity index (χ4v) is 5.64. The first-order valence-electron chi connectivity index (χ1n) is 9.76. The van der Waals surface area contributed by atoms with Gasteiger partial charge >= 0.3 is 12.4 Å². The molecule has 4 amide bonds.